The highest BCUT2D eigenvalue weighted by Crippen LogP contribution is 2.27. The molecule has 1 aromatic heterocycles. The minimum absolute atomic E-state index is 0.285. The summed E-state index contributed by atoms with van der Waals surface area (Å²) in [7, 11) is 1.31. The molecule has 0 aliphatic carbocycles. The number of halogens is 2. The average molecular weight is 403 g/mol. The van der Waals surface area contributed by atoms with Crippen molar-refractivity contribution in [2.75, 3.05) is 7.11 Å². The summed E-state index contributed by atoms with van der Waals surface area (Å²) in [5, 5.41) is 5.16. The fourth-order valence-corrected chi connectivity index (χ4v) is 2.69. The van der Waals surface area contributed by atoms with E-state index in [1.54, 1.807) is 36.5 Å². The maximum Gasteiger partial charge on any atom is 0.339 e. The second kappa shape index (κ2) is 8.75. The van der Waals surface area contributed by atoms with Crippen LogP contribution in [0.2, 0.25) is 10.0 Å². The minimum Gasteiger partial charge on any atom is -0.465 e. The molecule has 7 heteroatoms. The monoisotopic (exact) mass is 402 g/mol. The zero-order valence-corrected chi connectivity index (χ0v) is 15.9. The molecule has 2 aromatic carbocycles. The van der Waals surface area contributed by atoms with Crippen molar-refractivity contribution in [3.8, 4) is 11.3 Å². The van der Waals surface area contributed by atoms with Crippen molar-refractivity contribution in [1.29, 1.82) is 0 Å². The Labute approximate surface area is 166 Å². The number of carbonyl (C=O) groups is 1. The van der Waals surface area contributed by atoms with Gasteiger partial charge in [0.1, 0.15) is 11.5 Å². The van der Waals surface area contributed by atoms with Crippen LogP contribution < -0.4 is 5.43 Å². The van der Waals surface area contributed by atoms with Gasteiger partial charge in [-0.25, -0.2) is 4.79 Å². The van der Waals surface area contributed by atoms with E-state index in [0.717, 1.165) is 5.56 Å². The van der Waals surface area contributed by atoms with Crippen molar-refractivity contribution < 1.29 is 13.9 Å². The van der Waals surface area contributed by atoms with Gasteiger partial charge in [0, 0.05) is 10.6 Å². The van der Waals surface area contributed by atoms with Gasteiger partial charge >= 0.3 is 5.97 Å². The molecule has 0 aliphatic rings. The summed E-state index contributed by atoms with van der Waals surface area (Å²) in [6.45, 7) is 0.570. The highest BCUT2D eigenvalue weighted by atomic mass is 35.5. The van der Waals surface area contributed by atoms with Crippen molar-refractivity contribution >= 4 is 35.4 Å². The Balaban J connectivity index is 1.66. The Morgan fingerprint density at radius 3 is 2.67 bits per heavy atom. The van der Waals surface area contributed by atoms with Gasteiger partial charge in [-0.2, -0.15) is 5.10 Å². The van der Waals surface area contributed by atoms with Crippen LogP contribution in [0.3, 0.4) is 0 Å². The molecule has 0 spiro atoms. The second-order valence-corrected chi connectivity index (χ2v) is 6.45. The molecule has 5 nitrogen and oxygen atoms in total. The average Bonchev–Trinajstić information content (AvgIpc) is 3.15. The van der Waals surface area contributed by atoms with Gasteiger partial charge < -0.3 is 14.6 Å². The molecule has 0 radical (unpaired) electrons. The highest BCUT2D eigenvalue weighted by Gasteiger charge is 2.13. The van der Waals surface area contributed by atoms with Crippen LogP contribution in [0.25, 0.3) is 11.3 Å². The summed E-state index contributed by atoms with van der Waals surface area (Å²) < 4.78 is 10.5. The predicted molar refractivity (Wildman–Crippen MR) is 106 cm³/mol. The Morgan fingerprint density at radius 1 is 1.15 bits per heavy atom. The third-order valence-electron chi connectivity index (χ3n) is 3.76. The summed E-state index contributed by atoms with van der Waals surface area (Å²) >= 11 is 11.9. The fourth-order valence-electron chi connectivity index (χ4n) is 2.37. The quantitative estimate of drug-likeness (QED) is 0.351. The molecule has 0 amide bonds. The summed E-state index contributed by atoms with van der Waals surface area (Å²) in [5.41, 5.74) is 5.01. The zero-order valence-electron chi connectivity index (χ0n) is 14.4. The van der Waals surface area contributed by atoms with Crippen molar-refractivity contribution in [2.24, 2.45) is 5.10 Å². The maximum absolute atomic E-state index is 11.8. The van der Waals surface area contributed by atoms with E-state index in [0.29, 0.717) is 33.7 Å². The Kier molecular flexibility index (Phi) is 6.16. The maximum atomic E-state index is 11.8. The van der Waals surface area contributed by atoms with Crippen molar-refractivity contribution in [3.63, 3.8) is 0 Å². The Hall–Kier alpha value is -2.76. The molecule has 0 atom stereocenters. The number of hydrazone groups is 1. The first-order valence-corrected chi connectivity index (χ1v) is 8.81. The number of hydrogen-bond acceptors (Lipinski definition) is 5. The van der Waals surface area contributed by atoms with E-state index in [2.05, 4.69) is 10.5 Å². The molecule has 0 fully saturated rings. The first kappa shape index (κ1) is 19.0. The normalized spacial score (nSPS) is 10.9. The SMILES string of the molecule is COC(=O)c1cc(-c2ccc(/C=N\NCc3ccc(Cl)cc3)o2)ccc1Cl. The van der Waals surface area contributed by atoms with Crippen LogP contribution in [-0.2, 0) is 11.3 Å². The number of furan rings is 1. The minimum atomic E-state index is -0.499. The number of carbonyl (C=O) groups excluding carboxylic acids is 1. The lowest BCUT2D eigenvalue weighted by Gasteiger charge is -2.04. The molecule has 0 unspecified atom stereocenters. The van der Waals surface area contributed by atoms with E-state index in [-0.39, 0.29) is 5.56 Å². The van der Waals surface area contributed by atoms with E-state index < -0.39 is 5.97 Å². The van der Waals surface area contributed by atoms with E-state index in [1.165, 1.54) is 7.11 Å². The molecule has 3 aromatic rings. The van der Waals surface area contributed by atoms with Gasteiger partial charge in [0.15, 0.2) is 0 Å². The van der Waals surface area contributed by atoms with E-state index in [1.807, 2.05) is 24.3 Å². The number of hydrogen-bond donors (Lipinski definition) is 1. The largest absolute Gasteiger partial charge is 0.465 e. The lowest BCUT2D eigenvalue weighted by Crippen LogP contribution is -2.05. The molecule has 1 heterocycles. The molecular weight excluding hydrogens is 387 g/mol. The van der Waals surface area contributed by atoms with Gasteiger partial charge in [0.25, 0.3) is 0 Å². The number of methoxy groups -OCH3 is 1. The topological polar surface area (TPSA) is 63.8 Å². The van der Waals surface area contributed by atoms with Crippen molar-refractivity contribution in [1.82, 2.24) is 5.43 Å². The number of rotatable bonds is 6. The smallest absolute Gasteiger partial charge is 0.339 e. The molecule has 0 saturated carbocycles. The van der Waals surface area contributed by atoms with E-state index in [4.69, 9.17) is 32.4 Å². The van der Waals surface area contributed by atoms with Crippen LogP contribution in [0.1, 0.15) is 21.7 Å². The summed E-state index contributed by atoms with van der Waals surface area (Å²) in [5.74, 6) is 0.667. The molecule has 0 aliphatic heterocycles. The standard InChI is InChI=1S/C20H16Cl2N2O3/c1-26-20(25)17-10-14(4-8-18(17)22)19-9-7-16(27-19)12-24-23-11-13-2-5-15(21)6-3-13/h2-10,12,23H,11H2,1H3/b24-12-. The summed E-state index contributed by atoms with van der Waals surface area (Å²) in [6.07, 6.45) is 1.58. The van der Waals surface area contributed by atoms with Gasteiger partial charge in [-0.1, -0.05) is 35.3 Å². The van der Waals surface area contributed by atoms with E-state index >= 15 is 0 Å². The number of esters is 1. The zero-order chi connectivity index (χ0) is 19.2. The van der Waals surface area contributed by atoms with Crippen LogP contribution in [0.4, 0.5) is 0 Å². The number of nitrogens with zero attached hydrogens (tertiary/aromatic N) is 1. The lowest BCUT2D eigenvalue weighted by atomic mass is 10.1. The molecule has 3 rings (SSSR count). The van der Waals surface area contributed by atoms with Crippen LogP contribution in [0.5, 0.6) is 0 Å². The predicted octanol–water partition coefficient (Wildman–Crippen LogP) is 5.16. The summed E-state index contributed by atoms with van der Waals surface area (Å²) in [6, 6.07) is 16.1. The van der Waals surface area contributed by atoms with Crippen LogP contribution in [-0.4, -0.2) is 19.3 Å². The molecule has 27 heavy (non-hydrogen) atoms. The lowest BCUT2D eigenvalue weighted by molar-refractivity contribution is 0.0601. The first-order chi connectivity index (χ1) is 13.1. The van der Waals surface area contributed by atoms with Gasteiger partial charge in [-0.3, -0.25) is 0 Å². The third-order valence-corrected chi connectivity index (χ3v) is 4.34. The van der Waals surface area contributed by atoms with Crippen LogP contribution in [0.15, 0.2) is 64.1 Å². The van der Waals surface area contributed by atoms with Gasteiger partial charge in [0.05, 0.1) is 30.5 Å². The molecular formula is C20H16Cl2N2O3. The molecule has 0 bridgehead atoms. The summed E-state index contributed by atoms with van der Waals surface area (Å²) in [4.78, 5) is 11.8. The fraction of sp³-hybridized carbons (Fsp3) is 0.100. The van der Waals surface area contributed by atoms with Gasteiger partial charge in [0.2, 0.25) is 0 Å². The van der Waals surface area contributed by atoms with Crippen molar-refractivity contribution in [2.45, 2.75) is 6.54 Å². The highest BCUT2D eigenvalue weighted by molar-refractivity contribution is 6.33. The third kappa shape index (κ3) is 4.90. The molecule has 1 N–H and O–H groups in total. The number of benzene rings is 2. The molecule has 0 saturated heterocycles. The van der Waals surface area contributed by atoms with Gasteiger partial charge in [-0.15, -0.1) is 0 Å². The van der Waals surface area contributed by atoms with Crippen molar-refractivity contribution in [3.05, 3.63) is 81.5 Å². The second-order valence-electron chi connectivity index (χ2n) is 5.61. The first-order valence-electron chi connectivity index (χ1n) is 8.05. The Morgan fingerprint density at radius 2 is 1.93 bits per heavy atom. The number of ether oxygens (including phenoxy) is 1. The van der Waals surface area contributed by atoms with Gasteiger partial charge in [-0.05, 0) is 48.0 Å². The van der Waals surface area contributed by atoms with Crippen LogP contribution in [0, 0.1) is 0 Å². The van der Waals surface area contributed by atoms with Crippen LogP contribution >= 0.6 is 23.2 Å². The molecule has 138 valence electrons. The Bertz CT molecular complexity index is 966. The van der Waals surface area contributed by atoms with E-state index in [9.17, 15) is 4.79 Å². The number of nitrogens with one attached hydrogen (secondary N) is 1.